The number of benzene rings is 2. The number of carbonyl (C=O) groups is 1. The van der Waals surface area contributed by atoms with Crippen LogP contribution >= 0.6 is 23.2 Å². The first kappa shape index (κ1) is 16.6. The van der Waals surface area contributed by atoms with Gasteiger partial charge in [0.25, 0.3) is 0 Å². The van der Waals surface area contributed by atoms with Crippen LogP contribution in [0.2, 0.25) is 10.0 Å². The highest BCUT2D eigenvalue weighted by Crippen LogP contribution is 2.28. The molecule has 0 spiro atoms. The van der Waals surface area contributed by atoms with Gasteiger partial charge in [-0.3, -0.25) is 4.79 Å². The van der Waals surface area contributed by atoms with Gasteiger partial charge in [0, 0.05) is 16.7 Å². The first-order valence-corrected chi connectivity index (χ1v) is 7.94. The van der Waals surface area contributed by atoms with Crippen LogP contribution in [0.5, 0.6) is 0 Å². The van der Waals surface area contributed by atoms with Crippen LogP contribution in [-0.4, -0.2) is 32.8 Å². The van der Waals surface area contributed by atoms with Gasteiger partial charge >= 0.3 is 0 Å². The maximum Gasteiger partial charge on any atom is 0.181 e. The van der Waals surface area contributed by atoms with E-state index in [0.29, 0.717) is 32.8 Å². The molecule has 0 saturated heterocycles. The highest BCUT2D eigenvalue weighted by molar-refractivity contribution is 6.42. The summed E-state index contributed by atoms with van der Waals surface area (Å²) in [5, 5.41) is 14.6. The molecule has 0 saturated carbocycles. The Labute approximate surface area is 148 Å². The van der Waals surface area contributed by atoms with Crippen LogP contribution in [0.3, 0.4) is 0 Å². The molecule has 1 N–H and O–H groups in total. The van der Waals surface area contributed by atoms with Gasteiger partial charge in [0.1, 0.15) is 6.29 Å². The normalized spacial score (nSPS) is 10.8. The minimum Gasteiger partial charge on any atom is -0.394 e. The average molecular weight is 362 g/mol. The Morgan fingerprint density at radius 3 is 2.62 bits per heavy atom. The van der Waals surface area contributed by atoms with Gasteiger partial charge in [-0.05, 0) is 24.3 Å². The first-order chi connectivity index (χ1) is 11.6. The molecule has 0 aliphatic heterocycles. The number of hydrogen-bond donors (Lipinski definition) is 1. The standard InChI is InChI=1S/C17H13Cl2N3O2/c18-14-5-4-12(9-15(14)19)16-20-17(22(21-16)6-7-23)13-3-1-2-11(8-13)10-24/h1-5,8-10,23H,6-7H2. The van der Waals surface area contributed by atoms with Gasteiger partial charge in [0.15, 0.2) is 11.6 Å². The molecular formula is C17H13Cl2N3O2. The maximum atomic E-state index is 11.0. The van der Waals surface area contributed by atoms with Gasteiger partial charge < -0.3 is 5.11 Å². The molecule has 0 fully saturated rings. The predicted molar refractivity (Wildman–Crippen MR) is 93.4 cm³/mol. The summed E-state index contributed by atoms with van der Waals surface area (Å²) in [4.78, 5) is 15.5. The molecule has 1 aromatic heterocycles. The van der Waals surface area contributed by atoms with E-state index in [1.807, 2.05) is 6.07 Å². The van der Waals surface area contributed by atoms with E-state index in [0.717, 1.165) is 11.8 Å². The number of nitrogens with zero attached hydrogens (tertiary/aromatic N) is 3. The Morgan fingerprint density at radius 2 is 1.92 bits per heavy atom. The Morgan fingerprint density at radius 1 is 1.08 bits per heavy atom. The van der Waals surface area contributed by atoms with E-state index in [1.165, 1.54) is 0 Å². The fraction of sp³-hybridized carbons (Fsp3) is 0.118. The molecular weight excluding hydrogens is 349 g/mol. The number of carbonyl (C=O) groups excluding carboxylic acids is 1. The van der Waals surface area contributed by atoms with E-state index < -0.39 is 0 Å². The Hall–Kier alpha value is -2.21. The Balaban J connectivity index is 2.10. The van der Waals surface area contributed by atoms with Crippen LogP contribution < -0.4 is 0 Å². The maximum absolute atomic E-state index is 11.0. The number of aromatic nitrogens is 3. The third kappa shape index (κ3) is 3.33. The highest BCUT2D eigenvalue weighted by atomic mass is 35.5. The summed E-state index contributed by atoms with van der Waals surface area (Å²) in [7, 11) is 0. The van der Waals surface area contributed by atoms with Crippen LogP contribution in [-0.2, 0) is 6.54 Å². The second kappa shape index (κ2) is 7.13. The van der Waals surface area contributed by atoms with Crippen LogP contribution in [0.25, 0.3) is 22.8 Å². The van der Waals surface area contributed by atoms with Crippen molar-refractivity contribution in [1.82, 2.24) is 14.8 Å². The molecule has 0 unspecified atom stereocenters. The number of halogens is 2. The predicted octanol–water partition coefficient (Wildman–Crippen LogP) is 3.72. The number of aldehydes is 1. The number of hydrogen-bond acceptors (Lipinski definition) is 4. The lowest BCUT2D eigenvalue weighted by molar-refractivity contribution is 0.112. The van der Waals surface area contributed by atoms with E-state index in [-0.39, 0.29) is 13.2 Å². The van der Waals surface area contributed by atoms with Crippen LogP contribution in [0.15, 0.2) is 42.5 Å². The van der Waals surface area contributed by atoms with E-state index in [2.05, 4.69) is 10.1 Å². The molecule has 0 amide bonds. The third-order valence-electron chi connectivity index (χ3n) is 3.44. The van der Waals surface area contributed by atoms with E-state index in [9.17, 15) is 9.90 Å². The zero-order valence-corrected chi connectivity index (χ0v) is 14.0. The monoisotopic (exact) mass is 361 g/mol. The summed E-state index contributed by atoms with van der Waals surface area (Å²) in [6.45, 7) is 0.208. The summed E-state index contributed by atoms with van der Waals surface area (Å²) in [6.07, 6.45) is 0.774. The van der Waals surface area contributed by atoms with Gasteiger partial charge in [0.2, 0.25) is 0 Å². The molecule has 0 aliphatic carbocycles. The summed E-state index contributed by atoms with van der Waals surface area (Å²) in [5.74, 6) is 1.03. The molecule has 3 aromatic rings. The molecule has 0 bridgehead atoms. The average Bonchev–Trinajstić information content (AvgIpc) is 3.02. The third-order valence-corrected chi connectivity index (χ3v) is 4.18. The summed E-state index contributed by atoms with van der Waals surface area (Å²) in [5.41, 5.74) is 2.00. The fourth-order valence-electron chi connectivity index (χ4n) is 2.31. The molecule has 3 rings (SSSR count). The van der Waals surface area contributed by atoms with Crippen molar-refractivity contribution in [1.29, 1.82) is 0 Å². The second-order valence-electron chi connectivity index (χ2n) is 5.08. The zero-order valence-electron chi connectivity index (χ0n) is 12.5. The van der Waals surface area contributed by atoms with E-state index in [1.54, 1.807) is 41.1 Å². The quantitative estimate of drug-likeness (QED) is 0.703. The topological polar surface area (TPSA) is 68.0 Å². The molecule has 122 valence electrons. The van der Waals surface area contributed by atoms with Crippen molar-refractivity contribution < 1.29 is 9.90 Å². The molecule has 24 heavy (non-hydrogen) atoms. The molecule has 5 nitrogen and oxygen atoms in total. The summed E-state index contributed by atoms with van der Waals surface area (Å²) in [6, 6.07) is 12.2. The van der Waals surface area contributed by atoms with Gasteiger partial charge in [0.05, 0.1) is 23.2 Å². The number of aliphatic hydroxyl groups excluding tert-OH is 1. The largest absolute Gasteiger partial charge is 0.394 e. The minimum atomic E-state index is -0.0788. The van der Waals surface area contributed by atoms with Crippen molar-refractivity contribution in [2.75, 3.05) is 6.61 Å². The van der Waals surface area contributed by atoms with Crippen molar-refractivity contribution in [2.45, 2.75) is 6.54 Å². The summed E-state index contributed by atoms with van der Waals surface area (Å²) >= 11 is 12.0. The number of rotatable bonds is 5. The number of aliphatic hydroxyl groups is 1. The smallest absolute Gasteiger partial charge is 0.181 e. The van der Waals surface area contributed by atoms with Gasteiger partial charge in [-0.1, -0.05) is 41.4 Å². The molecule has 0 atom stereocenters. The minimum absolute atomic E-state index is 0.0788. The van der Waals surface area contributed by atoms with Crippen molar-refractivity contribution in [3.8, 4) is 22.8 Å². The van der Waals surface area contributed by atoms with Gasteiger partial charge in [-0.15, -0.1) is 0 Å². The molecule has 2 aromatic carbocycles. The van der Waals surface area contributed by atoms with Crippen molar-refractivity contribution >= 4 is 29.5 Å². The van der Waals surface area contributed by atoms with Crippen molar-refractivity contribution in [3.63, 3.8) is 0 Å². The van der Waals surface area contributed by atoms with Gasteiger partial charge in [-0.25, -0.2) is 9.67 Å². The zero-order chi connectivity index (χ0) is 17.1. The van der Waals surface area contributed by atoms with Crippen LogP contribution in [0.1, 0.15) is 10.4 Å². The Kier molecular flexibility index (Phi) is 4.94. The molecule has 0 aliphatic rings. The lowest BCUT2D eigenvalue weighted by atomic mass is 10.1. The van der Waals surface area contributed by atoms with Crippen molar-refractivity contribution in [2.24, 2.45) is 0 Å². The van der Waals surface area contributed by atoms with Gasteiger partial charge in [-0.2, -0.15) is 5.10 Å². The van der Waals surface area contributed by atoms with Crippen LogP contribution in [0, 0.1) is 0 Å². The molecule has 7 heteroatoms. The highest BCUT2D eigenvalue weighted by Gasteiger charge is 2.14. The molecule has 0 radical (unpaired) electrons. The summed E-state index contributed by atoms with van der Waals surface area (Å²) < 4.78 is 1.60. The lowest BCUT2D eigenvalue weighted by Crippen LogP contribution is -2.06. The van der Waals surface area contributed by atoms with E-state index >= 15 is 0 Å². The first-order valence-electron chi connectivity index (χ1n) is 7.19. The fourth-order valence-corrected chi connectivity index (χ4v) is 2.61. The van der Waals surface area contributed by atoms with Crippen LogP contribution in [0.4, 0.5) is 0 Å². The Bertz CT molecular complexity index is 893. The molecule has 1 heterocycles. The van der Waals surface area contributed by atoms with E-state index in [4.69, 9.17) is 23.2 Å². The van der Waals surface area contributed by atoms with Crippen molar-refractivity contribution in [3.05, 3.63) is 58.1 Å². The SMILES string of the molecule is O=Cc1cccc(-c2nc(-c3ccc(Cl)c(Cl)c3)nn2CCO)c1. The second-order valence-corrected chi connectivity index (χ2v) is 5.89. The lowest BCUT2D eigenvalue weighted by Gasteiger charge is -2.04.